The van der Waals surface area contributed by atoms with Gasteiger partial charge < -0.3 is 15.0 Å². The van der Waals surface area contributed by atoms with Crippen LogP contribution in [0.1, 0.15) is 26.4 Å². The number of pyridine rings is 1. The van der Waals surface area contributed by atoms with E-state index in [0.29, 0.717) is 16.1 Å². The number of carbonyl (C=O) groups excluding carboxylic acids is 2. The molecule has 4 rings (SSSR count). The van der Waals surface area contributed by atoms with Gasteiger partial charge in [-0.3, -0.25) is 9.59 Å². The highest BCUT2D eigenvalue weighted by atomic mass is 35.5. The average Bonchev–Trinajstić information content (AvgIpc) is 2.84. The van der Waals surface area contributed by atoms with Crippen LogP contribution in [0.5, 0.6) is 0 Å². The lowest BCUT2D eigenvalue weighted by molar-refractivity contribution is 0.0592. The van der Waals surface area contributed by atoms with Crippen LogP contribution in [0.4, 0.5) is 4.39 Å². The molecular weight excluding hydrogens is 482 g/mol. The second-order valence-electron chi connectivity index (χ2n) is 7.32. The van der Waals surface area contributed by atoms with E-state index in [-0.39, 0.29) is 33.8 Å². The summed E-state index contributed by atoms with van der Waals surface area (Å²) in [5, 5.41) is 3.03. The molecule has 0 aliphatic heterocycles. The fourth-order valence-corrected chi connectivity index (χ4v) is 4.06. The lowest BCUT2D eigenvalue weighted by Crippen LogP contribution is -2.29. The summed E-state index contributed by atoms with van der Waals surface area (Å²) in [5.74, 6) is -2.05. The summed E-state index contributed by atoms with van der Waals surface area (Å²) in [6, 6.07) is 15.8. The van der Waals surface area contributed by atoms with Gasteiger partial charge in [0.2, 0.25) is 0 Å². The highest BCUT2D eigenvalue weighted by Crippen LogP contribution is 2.33. The number of aromatic amines is 1. The molecule has 0 unspecified atom stereocenters. The number of hydrogen-bond acceptors (Lipinski definition) is 4. The Hall–Kier alpha value is -3.68. The third kappa shape index (κ3) is 4.40. The van der Waals surface area contributed by atoms with Crippen LogP contribution >= 0.6 is 23.2 Å². The molecule has 1 heterocycles. The summed E-state index contributed by atoms with van der Waals surface area (Å²) in [6.45, 7) is -0.285. The molecule has 0 aliphatic rings. The van der Waals surface area contributed by atoms with Crippen molar-refractivity contribution >= 4 is 46.0 Å². The zero-order valence-electron chi connectivity index (χ0n) is 17.7. The number of hydrogen-bond donors (Lipinski definition) is 2. The number of halogens is 3. The summed E-state index contributed by atoms with van der Waals surface area (Å²) in [5.41, 5.74) is 1.18. The fraction of sp³-hybridized carbons (Fsp3) is 0.0800. The zero-order chi connectivity index (χ0) is 24.4. The summed E-state index contributed by atoms with van der Waals surface area (Å²) < 4.78 is 18.3. The Labute approximate surface area is 203 Å². The molecule has 1 amide bonds. The topological polar surface area (TPSA) is 88.3 Å². The first-order valence-electron chi connectivity index (χ1n) is 10.1. The molecule has 172 valence electrons. The average molecular weight is 499 g/mol. The Morgan fingerprint density at radius 3 is 2.44 bits per heavy atom. The molecule has 0 aliphatic carbocycles. The van der Waals surface area contributed by atoms with E-state index in [9.17, 15) is 18.8 Å². The summed E-state index contributed by atoms with van der Waals surface area (Å²) in [6.07, 6.45) is 0. The SMILES string of the molecule is COC(=O)c1[nH]c2c(-c3ccccc3)c(Cl)ccc2c(=O)c1CNC(=O)c1ccc(F)c(Cl)c1. The highest BCUT2D eigenvalue weighted by molar-refractivity contribution is 6.35. The van der Waals surface area contributed by atoms with Crippen molar-refractivity contribution in [3.63, 3.8) is 0 Å². The van der Waals surface area contributed by atoms with Crippen LogP contribution in [-0.2, 0) is 11.3 Å². The number of esters is 1. The minimum atomic E-state index is -0.785. The van der Waals surface area contributed by atoms with E-state index in [4.69, 9.17) is 27.9 Å². The van der Waals surface area contributed by atoms with Crippen LogP contribution in [0.2, 0.25) is 10.0 Å². The molecule has 2 N–H and O–H groups in total. The van der Waals surface area contributed by atoms with E-state index in [1.165, 1.54) is 19.2 Å². The predicted octanol–water partition coefficient (Wildman–Crippen LogP) is 5.36. The van der Waals surface area contributed by atoms with Crippen molar-refractivity contribution in [3.8, 4) is 11.1 Å². The number of carbonyl (C=O) groups is 2. The lowest BCUT2D eigenvalue weighted by Gasteiger charge is -2.14. The van der Waals surface area contributed by atoms with Crippen molar-refractivity contribution in [1.29, 1.82) is 0 Å². The van der Waals surface area contributed by atoms with Gasteiger partial charge >= 0.3 is 5.97 Å². The van der Waals surface area contributed by atoms with Crippen LogP contribution in [0.15, 0.2) is 65.5 Å². The molecule has 4 aromatic rings. The third-order valence-corrected chi connectivity index (χ3v) is 5.89. The number of rotatable bonds is 5. The monoisotopic (exact) mass is 498 g/mol. The first-order valence-corrected chi connectivity index (χ1v) is 10.8. The van der Waals surface area contributed by atoms with Crippen molar-refractivity contribution in [2.45, 2.75) is 6.54 Å². The van der Waals surface area contributed by atoms with Crippen LogP contribution in [0.3, 0.4) is 0 Å². The van der Waals surface area contributed by atoms with E-state index in [2.05, 4.69) is 10.3 Å². The Morgan fingerprint density at radius 2 is 1.76 bits per heavy atom. The molecule has 0 saturated heterocycles. The second-order valence-corrected chi connectivity index (χ2v) is 8.14. The van der Waals surface area contributed by atoms with E-state index in [0.717, 1.165) is 11.6 Å². The van der Waals surface area contributed by atoms with Gasteiger partial charge in [0.05, 0.1) is 28.2 Å². The fourth-order valence-electron chi connectivity index (χ4n) is 3.61. The quantitative estimate of drug-likeness (QED) is 0.362. The van der Waals surface area contributed by atoms with Gasteiger partial charge in [-0.2, -0.15) is 0 Å². The molecule has 0 fully saturated rings. The minimum absolute atomic E-state index is 0.00208. The van der Waals surface area contributed by atoms with E-state index in [1.807, 2.05) is 30.3 Å². The van der Waals surface area contributed by atoms with E-state index in [1.54, 1.807) is 12.1 Å². The molecule has 0 radical (unpaired) electrons. The largest absolute Gasteiger partial charge is 0.464 e. The number of fused-ring (bicyclic) bond motifs is 1. The Balaban J connectivity index is 1.82. The third-order valence-electron chi connectivity index (χ3n) is 5.28. The maximum atomic E-state index is 13.4. The Kier molecular flexibility index (Phi) is 6.68. The van der Waals surface area contributed by atoms with E-state index < -0.39 is 23.1 Å². The smallest absolute Gasteiger partial charge is 0.354 e. The van der Waals surface area contributed by atoms with Crippen molar-refractivity contribution < 1.29 is 18.7 Å². The van der Waals surface area contributed by atoms with Crippen LogP contribution in [-0.4, -0.2) is 24.0 Å². The van der Waals surface area contributed by atoms with Gasteiger partial charge in [0.1, 0.15) is 11.5 Å². The molecule has 0 atom stereocenters. The molecule has 0 bridgehead atoms. The standard InChI is InChI=1S/C25H17Cl2FN2O4/c1-34-25(33)22-16(12-29-24(32)14-7-10-19(28)18(27)11-14)23(31)15-8-9-17(26)20(21(15)30-22)13-5-3-2-4-6-13/h2-11H,12H2,1H3,(H,29,32)(H,30,31). The Bertz CT molecular complexity index is 1490. The number of nitrogens with one attached hydrogen (secondary N) is 2. The van der Waals surface area contributed by atoms with Crippen LogP contribution in [0, 0.1) is 5.82 Å². The van der Waals surface area contributed by atoms with Crippen molar-refractivity contribution in [3.05, 3.63) is 104 Å². The van der Waals surface area contributed by atoms with Gasteiger partial charge in [-0.15, -0.1) is 0 Å². The molecule has 34 heavy (non-hydrogen) atoms. The summed E-state index contributed by atoms with van der Waals surface area (Å²) in [4.78, 5) is 41.5. The lowest BCUT2D eigenvalue weighted by atomic mass is 9.99. The van der Waals surface area contributed by atoms with Gasteiger partial charge in [-0.25, -0.2) is 9.18 Å². The maximum absolute atomic E-state index is 13.4. The molecule has 3 aromatic carbocycles. The van der Waals surface area contributed by atoms with Crippen LogP contribution in [0.25, 0.3) is 22.0 Å². The first-order chi connectivity index (χ1) is 16.3. The number of ether oxygens (including phenoxy) is 1. The predicted molar refractivity (Wildman–Crippen MR) is 129 cm³/mol. The molecule has 9 heteroatoms. The normalized spacial score (nSPS) is 10.8. The number of aromatic nitrogens is 1. The summed E-state index contributed by atoms with van der Waals surface area (Å²) in [7, 11) is 1.18. The maximum Gasteiger partial charge on any atom is 0.354 e. The van der Waals surface area contributed by atoms with Gasteiger partial charge in [0, 0.05) is 23.1 Å². The van der Waals surface area contributed by atoms with Gasteiger partial charge in [0.15, 0.2) is 5.43 Å². The van der Waals surface area contributed by atoms with Crippen LogP contribution < -0.4 is 10.7 Å². The van der Waals surface area contributed by atoms with E-state index >= 15 is 0 Å². The molecule has 6 nitrogen and oxygen atoms in total. The number of amides is 1. The van der Waals surface area contributed by atoms with Gasteiger partial charge in [-0.1, -0.05) is 53.5 Å². The summed E-state index contributed by atoms with van der Waals surface area (Å²) >= 11 is 12.2. The Morgan fingerprint density at radius 1 is 1.03 bits per heavy atom. The van der Waals surface area contributed by atoms with Crippen molar-refractivity contribution in [2.75, 3.05) is 7.11 Å². The number of benzene rings is 3. The molecule has 0 saturated carbocycles. The number of H-pyrrole nitrogens is 1. The molecule has 0 spiro atoms. The second kappa shape index (κ2) is 9.67. The first kappa shape index (κ1) is 23.5. The van der Waals surface area contributed by atoms with Gasteiger partial charge in [-0.05, 0) is 35.9 Å². The van der Waals surface area contributed by atoms with Crippen molar-refractivity contribution in [1.82, 2.24) is 10.3 Å². The molecular formula is C25H17Cl2FN2O4. The van der Waals surface area contributed by atoms with Crippen molar-refractivity contribution in [2.24, 2.45) is 0 Å². The zero-order valence-corrected chi connectivity index (χ0v) is 19.3. The molecule has 1 aromatic heterocycles. The number of methoxy groups -OCH3 is 1. The highest BCUT2D eigenvalue weighted by Gasteiger charge is 2.22. The van der Waals surface area contributed by atoms with Gasteiger partial charge in [0.25, 0.3) is 5.91 Å². The minimum Gasteiger partial charge on any atom is -0.464 e.